The standard InChI is InChI=1S/C21H21N3O2S/c1-3-16-13(2)22-21-24(20(16)26)15(12-27-21)11-19(25)23-18-10-6-8-14-7-4-5-9-17(14)18/h4-10,15H,3,11-12H2,1-2H3,(H,23,25). The first kappa shape index (κ1) is 17.8. The molecule has 2 aromatic carbocycles. The summed E-state index contributed by atoms with van der Waals surface area (Å²) < 4.78 is 1.71. The minimum atomic E-state index is -0.161. The highest BCUT2D eigenvalue weighted by molar-refractivity contribution is 7.99. The maximum atomic E-state index is 12.8. The first-order valence-electron chi connectivity index (χ1n) is 9.11. The van der Waals surface area contributed by atoms with E-state index in [1.165, 1.54) is 0 Å². The summed E-state index contributed by atoms with van der Waals surface area (Å²) in [5.41, 5.74) is 2.32. The molecular weight excluding hydrogens is 358 g/mol. The molecule has 0 saturated heterocycles. The molecule has 1 atom stereocenters. The van der Waals surface area contributed by atoms with Crippen molar-refractivity contribution in [3.8, 4) is 0 Å². The lowest BCUT2D eigenvalue weighted by Crippen LogP contribution is -2.30. The molecule has 0 fully saturated rings. The van der Waals surface area contributed by atoms with E-state index in [1.54, 1.807) is 16.3 Å². The van der Waals surface area contributed by atoms with Crippen molar-refractivity contribution < 1.29 is 4.79 Å². The third kappa shape index (κ3) is 3.25. The van der Waals surface area contributed by atoms with E-state index in [2.05, 4.69) is 10.3 Å². The Bertz CT molecular complexity index is 1090. The summed E-state index contributed by atoms with van der Waals surface area (Å²) in [6, 6.07) is 13.7. The van der Waals surface area contributed by atoms with E-state index in [0.29, 0.717) is 12.2 Å². The Kier molecular flexibility index (Phi) is 4.74. The number of hydrogen-bond donors (Lipinski definition) is 1. The van der Waals surface area contributed by atoms with Gasteiger partial charge in [-0.25, -0.2) is 4.98 Å². The summed E-state index contributed by atoms with van der Waals surface area (Å²) in [5, 5.41) is 5.83. The van der Waals surface area contributed by atoms with Crippen molar-refractivity contribution in [3.05, 3.63) is 64.1 Å². The van der Waals surface area contributed by atoms with Gasteiger partial charge in [-0.05, 0) is 24.8 Å². The van der Waals surface area contributed by atoms with Gasteiger partial charge in [-0.2, -0.15) is 0 Å². The van der Waals surface area contributed by atoms with Gasteiger partial charge in [0.05, 0.1) is 6.04 Å². The molecule has 1 aromatic heterocycles. The molecule has 138 valence electrons. The van der Waals surface area contributed by atoms with E-state index in [9.17, 15) is 9.59 Å². The van der Waals surface area contributed by atoms with Crippen molar-refractivity contribution in [2.75, 3.05) is 11.1 Å². The number of aryl methyl sites for hydroxylation is 1. The Morgan fingerprint density at radius 2 is 2.04 bits per heavy atom. The molecule has 6 heteroatoms. The molecule has 1 aliphatic heterocycles. The zero-order valence-corrected chi connectivity index (χ0v) is 16.2. The molecule has 0 saturated carbocycles. The van der Waals surface area contributed by atoms with Crippen LogP contribution in [0.15, 0.2) is 52.4 Å². The lowest BCUT2D eigenvalue weighted by Gasteiger charge is -2.15. The summed E-state index contributed by atoms with van der Waals surface area (Å²) >= 11 is 1.55. The lowest BCUT2D eigenvalue weighted by molar-refractivity contribution is -0.116. The van der Waals surface area contributed by atoms with Gasteiger partial charge in [-0.3, -0.25) is 14.2 Å². The van der Waals surface area contributed by atoms with Crippen LogP contribution in [-0.4, -0.2) is 21.2 Å². The predicted octanol–water partition coefficient (Wildman–Crippen LogP) is 3.94. The average Bonchev–Trinajstić information content (AvgIpc) is 3.05. The van der Waals surface area contributed by atoms with Crippen LogP contribution >= 0.6 is 11.8 Å². The van der Waals surface area contributed by atoms with E-state index < -0.39 is 0 Å². The highest BCUT2D eigenvalue weighted by Gasteiger charge is 2.29. The second-order valence-electron chi connectivity index (χ2n) is 6.73. The number of nitrogens with one attached hydrogen (secondary N) is 1. The van der Waals surface area contributed by atoms with Gasteiger partial charge in [0, 0.05) is 34.5 Å². The maximum Gasteiger partial charge on any atom is 0.257 e. The molecule has 3 aromatic rings. The summed E-state index contributed by atoms with van der Waals surface area (Å²) in [6.07, 6.45) is 0.911. The Morgan fingerprint density at radius 1 is 1.26 bits per heavy atom. The van der Waals surface area contributed by atoms with Crippen LogP contribution in [0.4, 0.5) is 5.69 Å². The Balaban J connectivity index is 1.58. The van der Waals surface area contributed by atoms with Crippen molar-refractivity contribution in [1.29, 1.82) is 0 Å². The van der Waals surface area contributed by atoms with Gasteiger partial charge in [0.2, 0.25) is 5.91 Å². The minimum absolute atomic E-state index is 0.00652. The number of nitrogens with zero attached hydrogens (tertiary/aromatic N) is 2. The number of thioether (sulfide) groups is 1. The van der Waals surface area contributed by atoms with Gasteiger partial charge in [-0.15, -0.1) is 0 Å². The lowest BCUT2D eigenvalue weighted by atomic mass is 10.1. The molecule has 0 spiro atoms. The number of anilines is 1. The third-order valence-electron chi connectivity index (χ3n) is 4.99. The van der Waals surface area contributed by atoms with Crippen molar-refractivity contribution in [1.82, 2.24) is 9.55 Å². The van der Waals surface area contributed by atoms with Crippen molar-refractivity contribution in [2.24, 2.45) is 0 Å². The van der Waals surface area contributed by atoms with E-state index >= 15 is 0 Å². The molecule has 1 amide bonds. The SMILES string of the molecule is CCc1c(C)nc2n(c1=O)C(CC(=O)Nc1cccc3ccccc13)CS2. The maximum absolute atomic E-state index is 12.8. The van der Waals surface area contributed by atoms with Crippen molar-refractivity contribution in [2.45, 2.75) is 37.9 Å². The molecule has 4 rings (SSSR count). The number of aromatic nitrogens is 2. The van der Waals surface area contributed by atoms with Gasteiger partial charge in [0.1, 0.15) is 0 Å². The topological polar surface area (TPSA) is 64.0 Å². The van der Waals surface area contributed by atoms with Crippen LogP contribution in [0.2, 0.25) is 0 Å². The second kappa shape index (κ2) is 7.19. The number of hydrogen-bond acceptors (Lipinski definition) is 4. The molecule has 5 nitrogen and oxygen atoms in total. The largest absolute Gasteiger partial charge is 0.325 e. The Hall–Kier alpha value is -2.60. The molecule has 0 bridgehead atoms. The van der Waals surface area contributed by atoms with Crippen LogP contribution in [0, 0.1) is 6.92 Å². The second-order valence-corrected chi connectivity index (χ2v) is 7.72. The van der Waals surface area contributed by atoms with Crippen LogP contribution in [0.3, 0.4) is 0 Å². The molecule has 2 heterocycles. The zero-order valence-electron chi connectivity index (χ0n) is 15.4. The smallest absolute Gasteiger partial charge is 0.257 e. The predicted molar refractivity (Wildman–Crippen MR) is 110 cm³/mol. The normalized spacial score (nSPS) is 15.7. The monoisotopic (exact) mass is 379 g/mol. The summed E-state index contributed by atoms with van der Waals surface area (Å²) in [4.78, 5) is 30.1. The zero-order chi connectivity index (χ0) is 19.0. The fraction of sp³-hybridized carbons (Fsp3) is 0.286. The summed E-state index contributed by atoms with van der Waals surface area (Å²) in [5.74, 6) is 0.605. The first-order chi connectivity index (χ1) is 13.1. The molecule has 1 unspecified atom stereocenters. The highest BCUT2D eigenvalue weighted by atomic mass is 32.2. The van der Waals surface area contributed by atoms with Crippen molar-refractivity contribution >= 4 is 34.1 Å². The minimum Gasteiger partial charge on any atom is -0.325 e. The number of fused-ring (bicyclic) bond motifs is 2. The van der Waals surface area contributed by atoms with Crippen LogP contribution in [-0.2, 0) is 11.2 Å². The molecule has 0 radical (unpaired) electrons. The molecule has 27 heavy (non-hydrogen) atoms. The average molecular weight is 379 g/mol. The molecule has 0 aliphatic carbocycles. The fourth-order valence-corrected chi connectivity index (χ4v) is 4.81. The molecule has 1 N–H and O–H groups in total. The van der Waals surface area contributed by atoms with E-state index in [1.807, 2.05) is 56.3 Å². The van der Waals surface area contributed by atoms with E-state index in [-0.39, 0.29) is 23.9 Å². The Morgan fingerprint density at radius 3 is 2.85 bits per heavy atom. The molecular formula is C21H21N3O2S. The van der Waals surface area contributed by atoms with Gasteiger partial charge in [-0.1, -0.05) is 55.1 Å². The van der Waals surface area contributed by atoms with Crippen LogP contribution in [0.1, 0.15) is 30.6 Å². The van der Waals surface area contributed by atoms with Crippen LogP contribution in [0.25, 0.3) is 10.8 Å². The van der Waals surface area contributed by atoms with Gasteiger partial charge in [0.15, 0.2) is 5.16 Å². The number of rotatable bonds is 4. The number of benzene rings is 2. The van der Waals surface area contributed by atoms with Gasteiger partial charge >= 0.3 is 0 Å². The highest BCUT2D eigenvalue weighted by Crippen LogP contribution is 2.33. The number of carbonyl (C=O) groups is 1. The van der Waals surface area contributed by atoms with Crippen LogP contribution < -0.4 is 10.9 Å². The third-order valence-corrected chi connectivity index (χ3v) is 6.09. The van der Waals surface area contributed by atoms with Gasteiger partial charge < -0.3 is 5.32 Å². The number of carbonyl (C=O) groups excluding carboxylic acids is 1. The van der Waals surface area contributed by atoms with Crippen LogP contribution in [0.5, 0.6) is 0 Å². The fourth-order valence-electron chi connectivity index (χ4n) is 3.63. The van der Waals surface area contributed by atoms with Crippen molar-refractivity contribution in [3.63, 3.8) is 0 Å². The number of amides is 1. The summed E-state index contributed by atoms with van der Waals surface area (Å²) in [7, 11) is 0. The Labute approximate surface area is 161 Å². The first-order valence-corrected chi connectivity index (χ1v) is 10.1. The van der Waals surface area contributed by atoms with Gasteiger partial charge in [0.25, 0.3) is 5.56 Å². The quantitative estimate of drug-likeness (QED) is 0.698. The van der Waals surface area contributed by atoms with E-state index in [0.717, 1.165) is 32.9 Å². The van der Waals surface area contributed by atoms with E-state index in [4.69, 9.17) is 0 Å². The summed E-state index contributed by atoms with van der Waals surface area (Å²) in [6.45, 7) is 3.84. The molecule has 1 aliphatic rings.